The molecule has 0 aromatic carbocycles. The molecule has 1 aromatic heterocycles. The first-order valence-corrected chi connectivity index (χ1v) is 4.91. The van der Waals surface area contributed by atoms with Crippen LogP contribution in [0.1, 0.15) is 26.5 Å². The van der Waals surface area contributed by atoms with E-state index < -0.39 is 5.60 Å². The third-order valence-electron chi connectivity index (χ3n) is 1.78. The Morgan fingerprint density at radius 1 is 1.47 bits per heavy atom. The Morgan fingerprint density at radius 2 is 2.13 bits per heavy atom. The summed E-state index contributed by atoms with van der Waals surface area (Å²) in [5.74, 6) is -0.316. The van der Waals surface area contributed by atoms with Crippen LogP contribution in [0.3, 0.4) is 0 Å². The van der Waals surface area contributed by atoms with E-state index in [1.807, 2.05) is 50.7 Å². The molecule has 0 radical (unpaired) electrons. The molecule has 1 rings (SSSR count). The topological polar surface area (TPSA) is 31.2 Å². The van der Waals surface area contributed by atoms with Crippen LogP contribution in [0.15, 0.2) is 24.4 Å². The highest BCUT2D eigenvalue weighted by atomic mass is 16.6. The molecule has 0 spiro atoms. The summed E-state index contributed by atoms with van der Waals surface area (Å²) in [6.07, 6.45) is 5.11. The van der Waals surface area contributed by atoms with Gasteiger partial charge >= 0.3 is 5.97 Å². The number of nitrogens with zero attached hydrogens (tertiary/aromatic N) is 1. The third kappa shape index (κ3) is 4.02. The standard InChI is InChI=1S/C12H17NO2/c1-12(2,3)15-11(14)8-7-10-6-5-9-13(10)4/h5-9H,1-4H3/b8-7+. The van der Waals surface area contributed by atoms with Crippen molar-refractivity contribution in [1.82, 2.24) is 4.57 Å². The summed E-state index contributed by atoms with van der Waals surface area (Å²) in [4.78, 5) is 11.3. The van der Waals surface area contributed by atoms with Gasteiger partial charge in [-0.05, 0) is 39.0 Å². The molecule has 0 saturated carbocycles. The van der Waals surface area contributed by atoms with Gasteiger partial charge in [-0.2, -0.15) is 0 Å². The number of hydrogen-bond acceptors (Lipinski definition) is 2. The Bertz CT molecular complexity index is 369. The lowest BCUT2D eigenvalue weighted by Gasteiger charge is -2.17. The zero-order chi connectivity index (χ0) is 11.5. The zero-order valence-electron chi connectivity index (χ0n) is 9.65. The summed E-state index contributed by atoms with van der Waals surface area (Å²) in [5.41, 5.74) is 0.538. The molecule has 0 fully saturated rings. The van der Waals surface area contributed by atoms with E-state index in [9.17, 15) is 4.79 Å². The normalized spacial score (nSPS) is 12.0. The summed E-state index contributed by atoms with van der Waals surface area (Å²) < 4.78 is 7.07. The highest BCUT2D eigenvalue weighted by molar-refractivity contribution is 5.87. The molecule has 3 heteroatoms. The van der Waals surface area contributed by atoms with E-state index in [0.717, 1.165) is 5.69 Å². The molecule has 0 amide bonds. The van der Waals surface area contributed by atoms with E-state index in [-0.39, 0.29) is 5.97 Å². The highest BCUT2D eigenvalue weighted by Crippen LogP contribution is 2.08. The molecule has 0 aliphatic carbocycles. The van der Waals surface area contributed by atoms with Gasteiger partial charge in [-0.15, -0.1) is 0 Å². The van der Waals surface area contributed by atoms with E-state index in [1.54, 1.807) is 6.08 Å². The van der Waals surface area contributed by atoms with E-state index >= 15 is 0 Å². The first kappa shape index (κ1) is 11.6. The minimum Gasteiger partial charge on any atom is -0.457 e. The van der Waals surface area contributed by atoms with Crippen LogP contribution in [-0.4, -0.2) is 16.1 Å². The Hall–Kier alpha value is -1.51. The number of hydrogen-bond donors (Lipinski definition) is 0. The van der Waals surface area contributed by atoms with Crippen molar-refractivity contribution in [3.63, 3.8) is 0 Å². The quantitative estimate of drug-likeness (QED) is 0.550. The Labute approximate surface area is 90.4 Å². The fourth-order valence-electron chi connectivity index (χ4n) is 1.14. The SMILES string of the molecule is Cn1cccc1/C=C/C(=O)OC(C)(C)C. The van der Waals surface area contributed by atoms with Crippen LogP contribution >= 0.6 is 0 Å². The first-order chi connectivity index (χ1) is 6.88. The molecule has 3 nitrogen and oxygen atoms in total. The lowest BCUT2D eigenvalue weighted by atomic mass is 10.2. The van der Waals surface area contributed by atoms with Gasteiger partial charge < -0.3 is 9.30 Å². The van der Waals surface area contributed by atoms with Gasteiger partial charge in [0.15, 0.2) is 0 Å². The van der Waals surface area contributed by atoms with Gasteiger partial charge in [-0.1, -0.05) is 0 Å². The lowest BCUT2D eigenvalue weighted by Crippen LogP contribution is -2.22. The maximum atomic E-state index is 11.3. The fourth-order valence-corrected chi connectivity index (χ4v) is 1.14. The molecule has 15 heavy (non-hydrogen) atoms. The van der Waals surface area contributed by atoms with Crippen LogP contribution < -0.4 is 0 Å². The van der Waals surface area contributed by atoms with Gasteiger partial charge in [0.1, 0.15) is 5.60 Å². The second-order valence-corrected chi connectivity index (χ2v) is 4.41. The Kier molecular flexibility index (Phi) is 3.35. The molecule has 0 bridgehead atoms. The molecule has 0 N–H and O–H groups in total. The van der Waals surface area contributed by atoms with Crippen molar-refractivity contribution < 1.29 is 9.53 Å². The number of aromatic nitrogens is 1. The first-order valence-electron chi connectivity index (χ1n) is 4.91. The number of rotatable bonds is 2. The smallest absolute Gasteiger partial charge is 0.331 e. The van der Waals surface area contributed by atoms with Gasteiger partial charge in [0.05, 0.1) is 0 Å². The predicted molar refractivity (Wildman–Crippen MR) is 60.3 cm³/mol. The Morgan fingerprint density at radius 3 is 2.60 bits per heavy atom. The number of carbonyl (C=O) groups excluding carboxylic acids is 1. The van der Waals surface area contributed by atoms with Gasteiger partial charge in [0, 0.05) is 25.0 Å². The van der Waals surface area contributed by atoms with Crippen LogP contribution in [-0.2, 0) is 16.6 Å². The van der Waals surface area contributed by atoms with Gasteiger partial charge in [-0.3, -0.25) is 0 Å². The fraction of sp³-hybridized carbons (Fsp3) is 0.417. The average molecular weight is 207 g/mol. The molecule has 0 aliphatic heterocycles. The predicted octanol–water partition coefficient (Wildman–Crippen LogP) is 2.38. The maximum Gasteiger partial charge on any atom is 0.331 e. The highest BCUT2D eigenvalue weighted by Gasteiger charge is 2.13. The molecule has 0 aliphatic rings. The van der Waals surface area contributed by atoms with E-state index in [1.165, 1.54) is 6.08 Å². The molecular formula is C12H17NO2. The lowest BCUT2D eigenvalue weighted by molar-refractivity contribution is -0.148. The number of aryl methyl sites for hydroxylation is 1. The van der Waals surface area contributed by atoms with Crippen molar-refractivity contribution in [2.24, 2.45) is 7.05 Å². The summed E-state index contributed by atoms with van der Waals surface area (Å²) >= 11 is 0. The Balaban J connectivity index is 2.59. The molecule has 82 valence electrons. The second kappa shape index (κ2) is 4.34. The minimum absolute atomic E-state index is 0.316. The number of esters is 1. The zero-order valence-corrected chi connectivity index (χ0v) is 9.65. The second-order valence-electron chi connectivity index (χ2n) is 4.41. The van der Waals surface area contributed by atoms with Crippen LogP contribution in [0.2, 0.25) is 0 Å². The van der Waals surface area contributed by atoms with Crippen molar-refractivity contribution in [2.45, 2.75) is 26.4 Å². The number of ether oxygens (including phenoxy) is 1. The van der Waals surface area contributed by atoms with Crippen molar-refractivity contribution >= 4 is 12.0 Å². The molecule has 1 aromatic rings. The van der Waals surface area contributed by atoms with Crippen LogP contribution in [0, 0.1) is 0 Å². The molecule has 0 atom stereocenters. The van der Waals surface area contributed by atoms with Crippen molar-refractivity contribution in [1.29, 1.82) is 0 Å². The van der Waals surface area contributed by atoms with Gasteiger partial charge in [-0.25, -0.2) is 4.79 Å². The van der Waals surface area contributed by atoms with Crippen LogP contribution in [0.25, 0.3) is 6.08 Å². The summed E-state index contributed by atoms with van der Waals surface area (Å²) in [6, 6.07) is 3.86. The maximum absolute atomic E-state index is 11.3. The summed E-state index contributed by atoms with van der Waals surface area (Å²) in [5, 5.41) is 0. The minimum atomic E-state index is -0.435. The van der Waals surface area contributed by atoms with Crippen LogP contribution in [0.4, 0.5) is 0 Å². The van der Waals surface area contributed by atoms with Gasteiger partial charge in [0.2, 0.25) is 0 Å². The largest absolute Gasteiger partial charge is 0.457 e. The summed E-state index contributed by atoms with van der Waals surface area (Å²) in [7, 11) is 1.93. The number of carbonyl (C=O) groups is 1. The van der Waals surface area contributed by atoms with Crippen LogP contribution in [0.5, 0.6) is 0 Å². The summed E-state index contributed by atoms with van der Waals surface area (Å²) in [6.45, 7) is 5.55. The molecule has 0 unspecified atom stereocenters. The monoisotopic (exact) mass is 207 g/mol. The third-order valence-corrected chi connectivity index (χ3v) is 1.78. The van der Waals surface area contributed by atoms with Gasteiger partial charge in [0.25, 0.3) is 0 Å². The van der Waals surface area contributed by atoms with E-state index in [4.69, 9.17) is 4.74 Å². The molecule has 0 saturated heterocycles. The van der Waals surface area contributed by atoms with Crippen molar-refractivity contribution in [2.75, 3.05) is 0 Å². The molecule has 1 heterocycles. The molecular weight excluding hydrogens is 190 g/mol. The van der Waals surface area contributed by atoms with Crippen molar-refractivity contribution in [3.05, 3.63) is 30.1 Å². The van der Waals surface area contributed by atoms with E-state index in [2.05, 4.69) is 0 Å². The van der Waals surface area contributed by atoms with E-state index in [0.29, 0.717) is 0 Å². The average Bonchev–Trinajstić information content (AvgIpc) is 2.44. The van der Waals surface area contributed by atoms with Crippen molar-refractivity contribution in [3.8, 4) is 0 Å².